The van der Waals surface area contributed by atoms with E-state index in [0.717, 1.165) is 0 Å². The highest BCUT2D eigenvalue weighted by atomic mass is 16.5. The number of rotatable bonds is 5. The lowest BCUT2D eigenvalue weighted by Gasteiger charge is -2.21. The molecule has 1 heterocycles. The van der Waals surface area contributed by atoms with Gasteiger partial charge in [-0.15, -0.1) is 0 Å². The summed E-state index contributed by atoms with van der Waals surface area (Å²) in [4.78, 5) is 37.5. The largest absolute Gasteiger partial charge is 0.425 e. The average Bonchev–Trinajstić information content (AvgIpc) is 2.87. The Morgan fingerprint density at radius 1 is 0.960 bits per heavy atom. The highest BCUT2D eigenvalue weighted by Gasteiger charge is 2.50. The van der Waals surface area contributed by atoms with Crippen molar-refractivity contribution < 1.29 is 19.1 Å². The minimum absolute atomic E-state index is 0.110. The Labute approximate surface area is 146 Å². The van der Waals surface area contributed by atoms with Gasteiger partial charge < -0.3 is 4.74 Å². The zero-order valence-corrected chi connectivity index (χ0v) is 14.1. The Kier molecular flexibility index (Phi) is 4.36. The predicted molar refractivity (Wildman–Crippen MR) is 93.6 cm³/mol. The third-order valence-corrected chi connectivity index (χ3v) is 4.42. The average molecular weight is 334 g/mol. The van der Waals surface area contributed by atoms with Gasteiger partial charge in [0.05, 0.1) is 5.57 Å². The smallest absolute Gasteiger partial charge is 0.322 e. The van der Waals surface area contributed by atoms with Gasteiger partial charge in [-0.1, -0.05) is 60.7 Å². The molecule has 0 fully saturated rings. The zero-order chi connectivity index (χ0) is 18.0. The molecule has 2 aromatic carbocycles. The van der Waals surface area contributed by atoms with Crippen LogP contribution in [0.2, 0.25) is 0 Å². The van der Waals surface area contributed by atoms with Gasteiger partial charge in [0.25, 0.3) is 0 Å². The second-order valence-electron chi connectivity index (χ2n) is 6.31. The molecular formula is C21H18O4. The van der Waals surface area contributed by atoms with Crippen LogP contribution >= 0.6 is 0 Å². The fraction of sp³-hybridized carbons (Fsp3) is 0.190. The van der Waals surface area contributed by atoms with E-state index in [-0.39, 0.29) is 29.3 Å². The fourth-order valence-electron chi connectivity index (χ4n) is 3.16. The first kappa shape index (κ1) is 16.8. The van der Waals surface area contributed by atoms with E-state index in [2.05, 4.69) is 0 Å². The summed E-state index contributed by atoms with van der Waals surface area (Å²) in [5.41, 5.74) is 0.127. The van der Waals surface area contributed by atoms with Crippen LogP contribution in [0.15, 0.2) is 66.2 Å². The molecule has 0 N–H and O–H groups in total. The summed E-state index contributed by atoms with van der Waals surface area (Å²) in [7, 11) is 0. The van der Waals surface area contributed by atoms with Crippen LogP contribution in [0.25, 0.3) is 5.76 Å². The van der Waals surface area contributed by atoms with Crippen molar-refractivity contribution in [2.24, 2.45) is 5.41 Å². The standard InChI is InChI=1S/C21H18O4/c1-14(22)18-19(16-11-7-4-8-12-16)25-20(24)21(18,2)13-17(23)15-9-5-3-6-10-15/h3-12H,13H2,1-2H3. The number of hydrogen-bond acceptors (Lipinski definition) is 4. The molecule has 0 spiro atoms. The van der Waals surface area contributed by atoms with Crippen LogP contribution in [0.5, 0.6) is 0 Å². The molecule has 126 valence electrons. The number of esters is 1. The molecule has 4 nitrogen and oxygen atoms in total. The van der Waals surface area contributed by atoms with Gasteiger partial charge in [-0.3, -0.25) is 14.4 Å². The van der Waals surface area contributed by atoms with Crippen LogP contribution < -0.4 is 0 Å². The van der Waals surface area contributed by atoms with Gasteiger partial charge in [0.2, 0.25) is 0 Å². The summed E-state index contributed by atoms with van der Waals surface area (Å²) in [5.74, 6) is -0.788. The molecule has 3 rings (SSSR count). The third-order valence-electron chi connectivity index (χ3n) is 4.42. The number of Topliss-reactive ketones (excluding diaryl/α,β-unsaturated/α-hetero) is 2. The molecule has 0 aliphatic carbocycles. The number of benzene rings is 2. The van der Waals surface area contributed by atoms with Gasteiger partial charge in [-0.2, -0.15) is 0 Å². The minimum Gasteiger partial charge on any atom is -0.425 e. The maximum Gasteiger partial charge on any atom is 0.322 e. The second-order valence-corrected chi connectivity index (χ2v) is 6.31. The topological polar surface area (TPSA) is 60.4 Å². The van der Waals surface area contributed by atoms with Crippen LogP contribution in [0, 0.1) is 5.41 Å². The lowest BCUT2D eigenvalue weighted by molar-refractivity contribution is -0.143. The van der Waals surface area contributed by atoms with Crippen LogP contribution in [0.3, 0.4) is 0 Å². The van der Waals surface area contributed by atoms with Crippen molar-refractivity contribution >= 4 is 23.3 Å². The van der Waals surface area contributed by atoms with E-state index in [4.69, 9.17) is 4.74 Å². The van der Waals surface area contributed by atoms with Gasteiger partial charge in [-0.25, -0.2) is 0 Å². The van der Waals surface area contributed by atoms with Crippen molar-refractivity contribution in [2.75, 3.05) is 0 Å². The first-order chi connectivity index (χ1) is 11.9. The van der Waals surface area contributed by atoms with Crippen molar-refractivity contribution in [2.45, 2.75) is 20.3 Å². The first-order valence-electron chi connectivity index (χ1n) is 8.05. The maximum atomic E-state index is 12.6. The quantitative estimate of drug-likeness (QED) is 0.616. The molecule has 2 aromatic rings. The maximum absolute atomic E-state index is 12.6. The van der Waals surface area contributed by atoms with E-state index in [1.54, 1.807) is 55.5 Å². The Balaban J connectivity index is 2.04. The SMILES string of the molecule is CC(=O)C1=C(c2ccccc2)OC(=O)C1(C)CC(=O)c1ccccc1. The first-order valence-corrected chi connectivity index (χ1v) is 8.05. The molecule has 0 radical (unpaired) electrons. The van der Waals surface area contributed by atoms with E-state index < -0.39 is 11.4 Å². The van der Waals surface area contributed by atoms with Gasteiger partial charge in [0.1, 0.15) is 11.2 Å². The van der Waals surface area contributed by atoms with Crippen molar-refractivity contribution in [3.05, 3.63) is 77.4 Å². The number of cyclic esters (lactones) is 1. The van der Waals surface area contributed by atoms with Crippen LogP contribution in [-0.4, -0.2) is 17.5 Å². The van der Waals surface area contributed by atoms with E-state index in [0.29, 0.717) is 11.1 Å². The van der Waals surface area contributed by atoms with Crippen LogP contribution in [0.4, 0.5) is 0 Å². The molecule has 0 bridgehead atoms. The van der Waals surface area contributed by atoms with Crippen molar-refractivity contribution in [1.82, 2.24) is 0 Å². The summed E-state index contributed by atoms with van der Waals surface area (Å²) < 4.78 is 5.44. The molecule has 1 aliphatic rings. The number of hydrogen-bond donors (Lipinski definition) is 0. The number of ketones is 2. The summed E-state index contributed by atoms with van der Waals surface area (Å²) >= 11 is 0. The predicted octanol–water partition coefficient (Wildman–Crippen LogP) is 3.82. The highest BCUT2D eigenvalue weighted by Crippen LogP contribution is 2.45. The van der Waals surface area contributed by atoms with E-state index in [1.807, 2.05) is 12.1 Å². The summed E-state index contributed by atoms with van der Waals surface area (Å²) in [6.45, 7) is 2.99. The lowest BCUT2D eigenvalue weighted by Crippen LogP contribution is -2.31. The summed E-state index contributed by atoms with van der Waals surface area (Å²) in [5, 5.41) is 0. The zero-order valence-electron chi connectivity index (χ0n) is 14.1. The Morgan fingerprint density at radius 3 is 2.08 bits per heavy atom. The molecule has 0 saturated heterocycles. The third kappa shape index (κ3) is 3.03. The fourth-order valence-corrected chi connectivity index (χ4v) is 3.16. The summed E-state index contributed by atoms with van der Waals surface area (Å²) in [6.07, 6.45) is -0.110. The number of carbonyl (C=O) groups is 3. The monoisotopic (exact) mass is 334 g/mol. The Morgan fingerprint density at radius 2 is 1.52 bits per heavy atom. The molecular weight excluding hydrogens is 316 g/mol. The van der Waals surface area contributed by atoms with Gasteiger partial charge in [0.15, 0.2) is 11.6 Å². The normalized spacial score (nSPS) is 19.7. The molecule has 0 saturated carbocycles. The molecule has 4 heteroatoms. The van der Waals surface area contributed by atoms with Crippen molar-refractivity contribution in [3.8, 4) is 0 Å². The van der Waals surface area contributed by atoms with Crippen LogP contribution in [-0.2, 0) is 14.3 Å². The molecule has 1 atom stereocenters. The molecule has 0 aromatic heterocycles. The van der Waals surface area contributed by atoms with E-state index in [1.165, 1.54) is 6.92 Å². The minimum atomic E-state index is -1.29. The lowest BCUT2D eigenvalue weighted by atomic mass is 9.75. The van der Waals surface area contributed by atoms with E-state index in [9.17, 15) is 14.4 Å². The Hall–Kier alpha value is -3.01. The van der Waals surface area contributed by atoms with Gasteiger partial charge in [0, 0.05) is 17.5 Å². The number of carbonyl (C=O) groups excluding carboxylic acids is 3. The van der Waals surface area contributed by atoms with Gasteiger partial charge in [-0.05, 0) is 13.8 Å². The van der Waals surface area contributed by atoms with E-state index >= 15 is 0 Å². The molecule has 1 aliphatic heterocycles. The van der Waals surface area contributed by atoms with Crippen molar-refractivity contribution in [1.29, 1.82) is 0 Å². The highest BCUT2D eigenvalue weighted by molar-refractivity contribution is 6.13. The summed E-state index contributed by atoms with van der Waals surface area (Å²) in [6, 6.07) is 17.7. The Bertz CT molecular complexity index is 865. The second kappa shape index (κ2) is 6.48. The molecule has 1 unspecified atom stereocenters. The number of ether oxygens (including phenoxy) is 1. The van der Waals surface area contributed by atoms with Crippen molar-refractivity contribution in [3.63, 3.8) is 0 Å². The molecule has 0 amide bonds. The molecule has 25 heavy (non-hydrogen) atoms. The van der Waals surface area contributed by atoms with Gasteiger partial charge >= 0.3 is 5.97 Å². The van der Waals surface area contributed by atoms with Crippen LogP contribution in [0.1, 0.15) is 36.2 Å².